The van der Waals surface area contributed by atoms with Gasteiger partial charge in [-0.3, -0.25) is 0 Å². The summed E-state index contributed by atoms with van der Waals surface area (Å²) < 4.78 is 0. The van der Waals surface area contributed by atoms with Gasteiger partial charge in [0.1, 0.15) is 5.60 Å². The first-order valence-electron chi connectivity index (χ1n) is 6.50. The SMILES string of the molecule is CCCCCC(C)(O)C(O)(CCCC)C(=O)O. The zero-order valence-electron chi connectivity index (χ0n) is 11.2. The van der Waals surface area contributed by atoms with E-state index in [0.29, 0.717) is 12.8 Å². The molecule has 102 valence electrons. The van der Waals surface area contributed by atoms with E-state index in [-0.39, 0.29) is 6.42 Å². The highest BCUT2D eigenvalue weighted by Crippen LogP contribution is 2.32. The second-order valence-corrected chi connectivity index (χ2v) is 5.00. The Kier molecular flexibility index (Phi) is 6.72. The van der Waals surface area contributed by atoms with E-state index >= 15 is 0 Å². The van der Waals surface area contributed by atoms with E-state index in [1.54, 1.807) is 0 Å². The molecule has 0 bridgehead atoms. The van der Waals surface area contributed by atoms with Gasteiger partial charge in [-0.25, -0.2) is 4.79 Å². The molecule has 0 aliphatic heterocycles. The first-order valence-corrected chi connectivity index (χ1v) is 6.50. The van der Waals surface area contributed by atoms with E-state index in [0.717, 1.165) is 25.7 Å². The zero-order chi connectivity index (χ0) is 13.5. The van der Waals surface area contributed by atoms with Crippen molar-refractivity contribution in [2.75, 3.05) is 0 Å². The van der Waals surface area contributed by atoms with Gasteiger partial charge in [0.15, 0.2) is 5.60 Å². The first-order chi connectivity index (χ1) is 7.81. The second kappa shape index (κ2) is 6.97. The van der Waals surface area contributed by atoms with Crippen molar-refractivity contribution < 1.29 is 20.1 Å². The van der Waals surface area contributed by atoms with Crippen LogP contribution in [0.5, 0.6) is 0 Å². The molecule has 2 unspecified atom stereocenters. The van der Waals surface area contributed by atoms with Gasteiger partial charge in [0.2, 0.25) is 0 Å². The molecule has 0 saturated heterocycles. The fourth-order valence-corrected chi connectivity index (χ4v) is 1.97. The van der Waals surface area contributed by atoms with Gasteiger partial charge in [-0.2, -0.15) is 0 Å². The van der Waals surface area contributed by atoms with Crippen LogP contribution in [0.25, 0.3) is 0 Å². The van der Waals surface area contributed by atoms with Crippen LogP contribution in [0.3, 0.4) is 0 Å². The van der Waals surface area contributed by atoms with Crippen LogP contribution in [0.4, 0.5) is 0 Å². The molecule has 0 spiro atoms. The number of rotatable bonds is 9. The average molecular weight is 246 g/mol. The fraction of sp³-hybridized carbons (Fsp3) is 0.923. The van der Waals surface area contributed by atoms with Crippen LogP contribution in [-0.4, -0.2) is 32.5 Å². The lowest BCUT2D eigenvalue weighted by Crippen LogP contribution is -2.57. The lowest BCUT2D eigenvalue weighted by Gasteiger charge is -2.38. The summed E-state index contributed by atoms with van der Waals surface area (Å²) in [5, 5.41) is 29.6. The van der Waals surface area contributed by atoms with Gasteiger partial charge >= 0.3 is 5.97 Å². The number of unbranched alkanes of at least 4 members (excludes halogenated alkanes) is 3. The van der Waals surface area contributed by atoms with Crippen LogP contribution < -0.4 is 0 Å². The Balaban J connectivity index is 4.70. The summed E-state index contributed by atoms with van der Waals surface area (Å²) in [5.41, 5.74) is -3.60. The van der Waals surface area contributed by atoms with E-state index < -0.39 is 17.2 Å². The van der Waals surface area contributed by atoms with Crippen LogP contribution in [0.2, 0.25) is 0 Å². The minimum atomic E-state index is -2.03. The predicted octanol–water partition coefficient (Wildman–Crippen LogP) is 2.32. The van der Waals surface area contributed by atoms with Gasteiger partial charge in [0, 0.05) is 0 Å². The van der Waals surface area contributed by atoms with Gasteiger partial charge < -0.3 is 15.3 Å². The van der Waals surface area contributed by atoms with Gasteiger partial charge in [0.05, 0.1) is 0 Å². The van der Waals surface area contributed by atoms with Crippen molar-refractivity contribution in [1.82, 2.24) is 0 Å². The molecule has 0 rings (SSSR count). The number of hydrogen-bond acceptors (Lipinski definition) is 3. The van der Waals surface area contributed by atoms with E-state index in [4.69, 9.17) is 5.11 Å². The molecule has 0 aliphatic carbocycles. The van der Waals surface area contributed by atoms with Crippen molar-refractivity contribution in [3.63, 3.8) is 0 Å². The van der Waals surface area contributed by atoms with Gasteiger partial charge in [-0.1, -0.05) is 46.0 Å². The number of carboxylic acid groups (broad SMARTS) is 1. The third kappa shape index (κ3) is 4.28. The molecular weight excluding hydrogens is 220 g/mol. The van der Waals surface area contributed by atoms with E-state index in [1.807, 2.05) is 13.8 Å². The molecule has 0 radical (unpaired) electrons. The summed E-state index contributed by atoms with van der Waals surface area (Å²) in [5.74, 6) is -1.33. The summed E-state index contributed by atoms with van der Waals surface area (Å²) >= 11 is 0. The summed E-state index contributed by atoms with van der Waals surface area (Å²) in [6.07, 6.45) is 4.44. The molecule has 2 atom stereocenters. The highest BCUT2D eigenvalue weighted by atomic mass is 16.4. The van der Waals surface area contributed by atoms with E-state index in [1.165, 1.54) is 6.92 Å². The number of carbonyl (C=O) groups is 1. The average Bonchev–Trinajstić information content (AvgIpc) is 2.25. The monoisotopic (exact) mass is 246 g/mol. The van der Waals surface area contributed by atoms with Gasteiger partial charge in [0.25, 0.3) is 0 Å². The standard InChI is InChI=1S/C13H26O4/c1-4-6-8-9-12(3,16)13(17,11(14)15)10-7-5-2/h16-17H,4-10H2,1-3H3,(H,14,15). The molecule has 0 aliphatic rings. The van der Waals surface area contributed by atoms with E-state index in [2.05, 4.69) is 0 Å². The molecule has 0 aromatic carbocycles. The Bertz CT molecular complexity index is 238. The fourth-order valence-electron chi connectivity index (χ4n) is 1.97. The molecule has 0 aromatic heterocycles. The smallest absolute Gasteiger partial charge is 0.338 e. The van der Waals surface area contributed by atoms with Crippen molar-refractivity contribution in [2.45, 2.75) is 76.9 Å². The topological polar surface area (TPSA) is 77.8 Å². The molecule has 0 saturated carbocycles. The maximum absolute atomic E-state index is 11.2. The zero-order valence-corrected chi connectivity index (χ0v) is 11.2. The minimum absolute atomic E-state index is 0.0952. The lowest BCUT2D eigenvalue weighted by atomic mass is 9.77. The Morgan fingerprint density at radius 2 is 1.53 bits per heavy atom. The maximum atomic E-state index is 11.2. The van der Waals surface area contributed by atoms with Crippen molar-refractivity contribution in [3.05, 3.63) is 0 Å². The molecule has 0 heterocycles. The number of hydrogen-bond donors (Lipinski definition) is 3. The molecule has 0 aromatic rings. The van der Waals surface area contributed by atoms with Crippen LogP contribution in [0.15, 0.2) is 0 Å². The van der Waals surface area contributed by atoms with Crippen molar-refractivity contribution in [2.24, 2.45) is 0 Å². The normalized spacial score (nSPS) is 18.4. The number of carboxylic acids is 1. The Morgan fingerprint density at radius 3 is 1.94 bits per heavy atom. The third-order valence-corrected chi connectivity index (χ3v) is 3.40. The van der Waals surface area contributed by atoms with Crippen LogP contribution in [0, 0.1) is 0 Å². The lowest BCUT2D eigenvalue weighted by molar-refractivity contribution is -0.193. The molecule has 17 heavy (non-hydrogen) atoms. The Hall–Kier alpha value is -0.610. The molecule has 4 nitrogen and oxygen atoms in total. The van der Waals surface area contributed by atoms with Crippen LogP contribution in [0.1, 0.15) is 65.7 Å². The van der Waals surface area contributed by atoms with Crippen molar-refractivity contribution >= 4 is 5.97 Å². The maximum Gasteiger partial charge on any atom is 0.338 e. The summed E-state index contributed by atoms with van der Waals surface area (Å²) in [6, 6.07) is 0. The largest absolute Gasteiger partial charge is 0.479 e. The summed E-state index contributed by atoms with van der Waals surface area (Å²) in [7, 11) is 0. The van der Waals surface area contributed by atoms with Gasteiger partial charge in [-0.15, -0.1) is 0 Å². The first kappa shape index (κ1) is 16.4. The predicted molar refractivity (Wildman–Crippen MR) is 66.9 cm³/mol. The molecular formula is C13H26O4. The third-order valence-electron chi connectivity index (χ3n) is 3.40. The van der Waals surface area contributed by atoms with Crippen LogP contribution >= 0.6 is 0 Å². The van der Waals surface area contributed by atoms with E-state index in [9.17, 15) is 15.0 Å². The minimum Gasteiger partial charge on any atom is -0.479 e. The highest BCUT2D eigenvalue weighted by Gasteiger charge is 2.50. The van der Waals surface area contributed by atoms with Gasteiger partial charge in [-0.05, 0) is 19.8 Å². The highest BCUT2D eigenvalue weighted by molar-refractivity contribution is 5.78. The molecule has 4 heteroatoms. The molecule has 0 amide bonds. The number of aliphatic carboxylic acids is 1. The van der Waals surface area contributed by atoms with Crippen LogP contribution in [-0.2, 0) is 4.79 Å². The summed E-state index contributed by atoms with van der Waals surface area (Å²) in [4.78, 5) is 11.2. The Labute approximate surface area is 104 Å². The van der Waals surface area contributed by atoms with Crippen molar-refractivity contribution in [1.29, 1.82) is 0 Å². The Morgan fingerprint density at radius 1 is 1.00 bits per heavy atom. The summed E-state index contributed by atoms with van der Waals surface area (Å²) in [6.45, 7) is 5.38. The molecule has 3 N–H and O–H groups in total. The second-order valence-electron chi connectivity index (χ2n) is 5.00. The van der Waals surface area contributed by atoms with Crippen molar-refractivity contribution in [3.8, 4) is 0 Å². The molecule has 0 fully saturated rings. The quantitative estimate of drug-likeness (QED) is 0.546. The number of aliphatic hydroxyl groups is 2.